The Kier molecular flexibility index (Phi) is 3.13. The highest BCUT2D eigenvalue weighted by Gasteiger charge is 2.15. The van der Waals surface area contributed by atoms with Gasteiger partial charge in [0.25, 0.3) is 0 Å². The van der Waals surface area contributed by atoms with E-state index in [1.54, 1.807) is 0 Å². The van der Waals surface area contributed by atoms with Gasteiger partial charge in [0.15, 0.2) is 5.82 Å². The van der Waals surface area contributed by atoms with Crippen molar-refractivity contribution in [3.63, 3.8) is 0 Å². The van der Waals surface area contributed by atoms with Crippen LogP contribution in [0.15, 0.2) is 36.4 Å². The molecule has 3 rings (SSSR count). The lowest BCUT2D eigenvalue weighted by Crippen LogP contribution is -2.03. The Morgan fingerprint density at radius 3 is 2.71 bits per heavy atom. The third-order valence-electron chi connectivity index (χ3n) is 3.31. The minimum absolute atomic E-state index is 0.330. The molecule has 106 valence electrons. The van der Waals surface area contributed by atoms with Crippen LogP contribution in [0.5, 0.6) is 0 Å². The fourth-order valence-electron chi connectivity index (χ4n) is 2.24. The van der Waals surface area contributed by atoms with Gasteiger partial charge in [-0.2, -0.15) is 4.68 Å². The summed E-state index contributed by atoms with van der Waals surface area (Å²) in [7, 11) is 0. The Bertz CT molecular complexity index is 789. The Labute approximate surface area is 121 Å². The Hall–Kier alpha value is -2.76. The minimum Gasteiger partial charge on any atom is -0.398 e. The molecule has 1 aromatic heterocycles. The van der Waals surface area contributed by atoms with Crippen LogP contribution < -0.4 is 5.73 Å². The minimum atomic E-state index is -0.330. The molecule has 0 radical (unpaired) electrons. The lowest BCUT2D eigenvalue weighted by atomic mass is 10.1. The number of para-hydroxylation sites is 1. The number of benzene rings is 2. The van der Waals surface area contributed by atoms with Gasteiger partial charge in [-0.05, 0) is 59.7 Å². The Morgan fingerprint density at radius 2 is 1.95 bits per heavy atom. The third-order valence-corrected chi connectivity index (χ3v) is 3.31. The summed E-state index contributed by atoms with van der Waals surface area (Å²) < 4.78 is 15.1. The zero-order chi connectivity index (χ0) is 15.0. The van der Waals surface area contributed by atoms with Gasteiger partial charge < -0.3 is 5.73 Å². The molecule has 5 nitrogen and oxygen atoms in total. The standard InChI is InChI=1S/C15H14FN5/c1-9-6-11(16)8-12(7-9)21-15(18-19-20-21)13-5-3-4-10(2)14(13)17/h3-8H,17H2,1-2H3. The Balaban J connectivity index is 2.19. The molecule has 0 aliphatic carbocycles. The highest BCUT2D eigenvalue weighted by atomic mass is 19.1. The molecule has 0 fully saturated rings. The van der Waals surface area contributed by atoms with Crippen molar-refractivity contribution in [3.8, 4) is 17.1 Å². The first-order valence-electron chi connectivity index (χ1n) is 6.47. The molecule has 2 N–H and O–H groups in total. The molecular formula is C15H14FN5. The van der Waals surface area contributed by atoms with Crippen molar-refractivity contribution in [2.45, 2.75) is 13.8 Å². The van der Waals surface area contributed by atoms with E-state index >= 15 is 0 Å². The van der Waals surface area contributed by atoms with E-state index in [0.717, 1.165) is 16.7 Å². The van der Waals surface area contributed by atoms with Crippen molar-refractivity contribution in [1.29, 1.82) is 0 Å². The van der Waals surface area contributed by atoms with Gasteiger partial charge in [-0.1, -0.05) is 12.1 Å². The molecular weight excluding hydrogens is 269 g/mol. The molecule has 0 aliphatic heterocycles. The molecule has 1 heterocycles. The fraction of sp³-hybridized carbons (Fsp3) is 0.133. The van der Waals surface area contributed by atoms with Crippen LogP contribution in [-0.2, 0) is 0 Å². The predicted molar refractivity (Wildman–Crippen MR) is 78.4 cm³/mol. The number of aromatic nitrogens is 4. The highest BCUT2D eigenvalue weighted by molar-refractivity contribution is 5.74. The summed E-state index contributed by atoms with van der Waals surface area (Å²) in [4.78, 5) is 0. The molecule has 0 spiro atoms. The van der Waals surface area contributed by atoms with Gasteiger partial charge in [0.2, 0.25) is 0 Å². The van der Waals surface area contributed by atoms with Gasteiger partial charge in [0.1, 0.15) is 5.82 Å². The second kappa shape index (κ2) is 4.97. The van der Waals surface area contributed by atoms with Crippen LogP contribution >= 0.6 is 0 Å². The van der Waals surface area contributed by atoms with Gasteiger partial charge in [0.05, 0.1) is 5.69 Å². The number of hydrogen-bond acceptors (Lipinski definition) is 4. The molecule has 0 unspecified atom stereocenters. The molecule has 0 aliphatic rings. The van der Waals surface area contributed by atoms with Crippen molar-refractivity contribution in [1.82, 2.24) is 20.2 Å². The summed E-state index contributed by atoms with van der Waals surface area (Å²) in [5.74, 6) is 0.157. The summed E-state index contributed by atoms with van der Waals surface area (Å²) in [6.45, 7) is 3.73. The van der Waals surface area contributed by atoms with Crippen LogP contribution in [0.3, 0.4) is 0 Å². The van der Waals surface area contributed by atoms with Crippen molar-refractivity contribution >= 4 is 5.69 Å². The van der Waals surface area contributed by atoms with E-state index in [4.69, 9.17) is 5.73 Å². The number of nitrogen functional groups attached to an aromatic ring is 1. The van der Waals surface area contributed by atoms with Crippen molar-refractivity contribution < 1.29 is 4.39 Å². The van der Waals surface area contributed by atoms with Gasteiger partial charge in [-0.3, -0.25) is 0 Å². The zero-order valence-electron chi connectivity index (χ0n) is 11.7. The molecule has 3 aromatic rings. The lowest BCUT2D eigenvalue weighted by molar-refractivity contribution is 0.623. The van der Waals surface area contributed by atoms with Crippen LogP contribution in [0.1, 0.15) is 11.1 Å². The molecule has 21 heavy (non-hydrogen) atoms. The average molecular weight is 283 g/mol. The highest BCUT2D eigenvalue weighted by Crippen LogP contribution is 2.27. The largest absolute Gasteiger partial charge is 0.398 e. The predicted octanol–water partition coefficient (Wildman–Crippen LogP) is 2.67. The number of rotatable bonds is 2. The van der Waals surface area contributed by atoms with Crippen LogP contribution in [0.25, 0.3) is 17.1 Å². The number of hydrogen-bond donors (Lipinski definition) is 1. The molecule has 6 heteroatoms. The number of halogens is 1. The first-order chi connectivity index (χ1) is 10.1. The first-order valence-corrected chi connectivity index (χ1v) is 6.47. The van der Waals surface area contributed by atoms with E-state index in [9.17, 15) is 4.39 Å². The lowest BCUT2D eigenvalue weighted by Gasteiger charge is -2.09. The monoisotopic (exact) mass is 283 g/mol. The van der Waals surface area contributed by atoms with Crippen molar-refractivity contribution in [2.24, 2.45) is 0 Å². The van der Waals surface area contributed by atoms with E-state index in [-0.39, 0.29) is 5.82 Å². The van der Waals surface area contributed by atoms with Gasteiger partial charge in [-0.15, -0.1) is 5.10 Å². The first kappa shape index (κ1) is 13.2. The number of aryl methyl sites for hydroxylation is 2. The molecule has 0 saturated heterocycles. The van der Waals surface area contributed by atoms with E-state index in [0.29, 0.717) is 17.2 Å². The third kappa shape index (κ3) is 2.35. The summed E-state index contributed by atoms with van der Waals surface area (Å²) in [5.41, 5.74) is 9.73. The molecule has 0 bridgehead atoms. The molecule has 0 saturated carbocycles. The topological polar surface area (TPSA) is 69.6 Å². The van der Waals surface area contributed by atoms with E-state index in [1.165, 1.54) is 16.8 Å². The van der Waals surface area contributed by atoms with Crippen LogP contribution in [0, 0.1) is 19.7 Å². The maximum absolute atomic E-state index is 13.6. The maximum Gasteiger partial charge on any atom is 0.189 e. The van der Waals surface area contributed by atoms with Gasteiger partial charge >= 0.3 is 0 Å². The SMILES string of the molecule is Cc1cc(F)cc(-n2nnnc2-c2cccc(C)c2N)c1. The van der Waals surface area contributed by atoms with E-state index in [2.05, 4.69) is 15.5 Å². The maximum atomic E-state index is 13.6. The van der Waals surface area contributed by atoms with E-state index in [1.807, 2.05) is 38.1 Å². The Morgan fingerprint density at radius 1 is 1.14 bits per heavy atom. The van der Waals surface area contributed by atoms with Crippen LogP contribution in [-0.4, -0.2) is 20.2 Å². The molecule has 0 amide bonds. The van der Waals surface area contributed by atoms with Crippen LogP contribution in [0.4, 0.5) is 10.1 Å². The van der Waals surface area contributed by atoms with E-state index < -0.39 is 0 Å². The summed E-state index contributed by atoms with van der Waals surface area (Å²) in [6.07, 6.45) is 0. The zero-order valence-corrected chi connectivity index (χ0v) is 11.7. The quantitative estimate of drug-likeness (QED) is 0.734. The van der Waals surface area contributed by atoms with Gasteiger partial charge in [0, 0.05) is 11.3 Å². The van der Waals surface area contributed by atoms with Crippen LogP contribution in [0.2, 0.25) is 0 Å². The number of tetrazole rings is 1. The van der Waals surface area contributed by atoms with Gasteiger partial charge in [-0.25, -0.2) is 4.39 Å². The molecule has 2 aromatic carbocycles. The van der Waals surface area contributed by atoms with Crippen molar-refractivity contribution in [2.75, 3.05) is 5.73 Å². The molecule has 0 atom stereocenters. The second-order valence-electron chi connectivity index (χ2n) is 4.94. The summed E-state index contributed by atoms with van der Waals surface area (Å²) in [6, 6.07) is 10.3. The fourth-order valence-corrected chi connectivity index (χ4v) is 2.24. The second-order valence-corrected chi connectivity index (χ2v) is 4.94. The summed E-state index contributed by atoms with van der Waals surface area (Å²) >= 11 is 0. The smallest absolute Gasteiger partial charge is 0.189 e. The normalized spacial score (nSPS) is 10.8. The number of nitrogens with two attached hydrogens (primary N) is 1. The van der Waals surface area contributed by atoms with Crippen molar-refractivity contribution in [3.05, 3.63) is 53.3 Å². The number of nitrogens with zero attached hydrogens (tertiary/aromatic N) is 4. The summed E-state index contributed by atoms with van der Waals surface area (Å²) in [5, 5.41) is 11.7. The number of anilines is 1. The average Bonchev–Trinajstić information content (AvgIpc) is 2.90.